The minimum absolute atomic E-state index is 0.0977. The Balaban J connectivity index is 3.10. The number of carbonyl (C=O) groups excluding carboxylic acids is 1. The average molecular weight is 210 g/mol. The average Bonchev–Trinajstić information content (AvgIpc) is 2.61. The summed E-state index contributed by atoms with van der Waals surface area (Å²) >= 11 is 0. The lowest BCUT2D eigenvalue weighted by Crippen LogP contribution is -2.13. The molecule has 0 atom stereocenters. The van der Waals surface area contributed by atoms with Crippen LogP contribution >= 0.6 is 0 Å². The van der Waals surface area contributed by atoms with Crippen LogP contribution in [0.4, 0.5) is 0 Å². The summed E-state index contributed by atoms with van der Waals surface area (Å²) in [5.41, 5.74) is 0.592. The van der Waals surface area contributed by atoms with Crippen LogP contribution in [0.5, 0.6) is 5.75 Å². The molecule has 1 aromatic heterocycles. The Bertz CT molecular complexity index is 342. The lowest BCUT2D eigenvalue weighted by Gasteiger charge is -2.10. The van der Waals surface area contributed by atoms with E-state index in [-0.39, 0.29) is 11.8 Å². The van der Waals surface area contributed by atoms with Crippen molar-refractivity contribution >= 4 is 5.78 Å². The maximum atomic E-state index is 11.9. The first-order valence-corrected chi connectivity index (χ1v) is 5.26. The Morgan fingerprint density at radius 1 is 1.60 bits per heavy atom. The third kappa shape index (κ3) is 2.37. The predicted octanol–water partition coefficient (Wildman–Crippen LogP) is 2.46. The number of hydrogen-bond acceptors (Lipinski definition) is 3. The maximum absolute atomic E-state index is 11.9. The zero-order valence-electron chi connectivity index (χ0n) is 9.78. The SMILES string of the molecule is CCCC(=O)c1c(OC)cnn1C(C)C. The van der Waals surface area contributed by atoms with Gasteiger partial charge in [0.25, 0.3) is 0 Å². The van der Waals surface area contributed by atoms with Crippen molar-refractivity contribution < 1.29 is 9.53 Å². The van der Waals surface area contributed by atoms with E-state index in [9.17, 15) is 4.79 Å². The van der Waals surface area contributed by atoms with Crippen molar-refractivity contribution in [3.63, 3.8) is 0 Å². The number of ether oxygens (including phenoxy) is 1. The first-order chi connectivity index (χ1) is 7.11. The van der Waals surface area contributed by atoms with Crippen molar-refractivity contribution in [2.45, 2.75) is 39.7 Å². The Hall–Kier alpha value is -1.32. The highest BCUT2D eigenvalue weighted by atomic mass is 16.5. The number of rotatable bonds is 5. The van der Waals surface area contributed by atoms with Crippen LogP contribution in [0.25, 0.3) is 0 Å². The minimum Gasteiger partial charge on any atom is -0.493 e. The molecule has 1 aromatic rings. The van der Waals surface area contributed by atoms with E-state index >= 15 is 0 Å². The van der Waals surface area contributed by atoms with Gasteiger partial charge in [-0.25, -0.2) is 0 Å². The summed E-state index contributed by atoms with van der Waals surface area (Å²) in [4.78, 5) is 11.9. The number of ketones is 1. The lowest BCUT2D eigenvalue weighted by atomic mass is 10.1. The second-order valence-corrected chi connectivity index (χ2v) is 3.77. The molecule has 0 fully saturated rings. The van der Waals surface area contributed by atoms with Crippen LogP contribution in [-0.4, -0.2) is 22.7 Å². The fraction of sp³-hybridized carbons (Fsp3) is 0.636. The van der Waals surface area contributed by atoms with E-state index in [1.165, 1.54) is 0 Å². The van der Waals surface area contributed by atoms with Crippen molar-refractivity contribution in [3.05, 3.63) is 11.9 Å². The molecule has 0 amide bonds. The van der Waals surface area contributed by atoms with Gasteiger partial charge in [0, 0.05) is 12.5 Å². The molecule has 15 heavy (non-hydrogen) atoms. The van der Waals surface area contributed by atoms with Crippen LogP contribution in [0, 0.1) is 0 Å². The third-order valence-electron chi connectivity index (χ3n) is 2.21. The monoisotopic (exact) mass is 210 g/mol. The zero-order chi connectivity index (χ0) is 11.4. The smallest absolute Gasteiger partial charge is 0.184 e. The molecule has 0 spiro atoms. The van der Waals surface area contributed by atoms with Crippen molar-refractivity contribution in [1.82, 2.24) is 9.78 Å². The molecule has 4 heteroatoms. The van der Waals surface area contributed by atoms with E-state index < -0.39 is 0 Å². The summed E-state index contributed by atoms with van der Waals surface area (Å²) in [5.74, 6) is 0.669. The molecule has 0 unspecified atom stereocenters. The fourth-order valence-corrected chi connectivity index (χ4v) is 1.50. The van der Waals surface area contributed by atoms with Gasteiger partial charge in [-0.1, -0.05) is 6.92 Å². The first kappa shape index (κ1) is 11.8. The van der Waals surface area contributed by atoms with Gasteiger partial charge in [0.1, 0.15) is 5.69 Å². The fourth-order valence-electron chi connectivity index (χ4n) is 1.50. The lowest BCUT2D eigenvalue weighted by molar-refractivity contribution is 0.0966. The molecular weight excluding hydrogens is 192 g/mol. The highest BCUT2D eigenvalue weighted by molar-refractivity contribution is 5.97. The molecule has 0 aliphatic rings. The molecule has 1 rings (SSSR count). The van der Waals surface area contributed by atoms with E-state index in [2.05, 4.69) is 5.10 Å². The Morgan fingerprint density at radius 2 is 2.27 bits per heavy atom. The standard InChI is InChI=1S/C11H18N2O2/c1-5-6-9(14)11-10(15-4)7-12-13(11)8(2)3/h7-8H,5-6H2,1-4H3. The van der Waals surface area contributed by atoms with Crippen LogP contribution in [-0.2, 0) is 0 Å². The molecule has 0 N–H and O–H groups in total. The summed E-state index contributed by atoms with van der Waals surface area (Å²) in [6, 6.07) is 0.171. The maximum Gasteiger partial charge on any atom is 0.184 e. The van der Waals surface area contributed by atoms with E-state index in [1.54, 1.807) is 18.0 Å². The molecule has 0 aliphatic heterocycles. The topological polar surface area (TPSA) is 44.1 Å². The Labute approximate surface area is 90.2 Å². The molecule has 0 saturated carbocycles. The summed E-state index contributed by atoms with van der Waals surface area (Å²) in [7, 11) is 1.56. The third-order valence-corrected chi connectivity index (χ3v) is 2.21. The summed E-state index contributed by atoms with van der Waals surface area (Å²) in [5, 5.41) is 4.16. The second kappa shape index (κ2) is 4.96. The largest absolute Gasteiger partial charge is 0.493 e. The highest BCUT2D eigenvalue weighted by Crippen LogP contribution is 2.22. The van der Waals surface area contributed by atoms with E-state index in [1.807, 2.05) is 20.8 Å². The van der Waals surface area contributed by atoms with Crippen molar-refractivity contribution in [3.8, 4) is 5.75 Å². The van der Waals surface area contributed by atoms with Crippen LogP contribution in [0.1, 0.15) is 50.1 Å². The van der Waals surface area contributed by atoms with E-state index in [4.69, 9.17) is 4.74 Å². The molecule has 0 aromatic carbocycles. The molecule has 4 nitrogen and oxygen atoms in total. The number of aromatic nitrogens is 2. The second-order valence-electron chi connectivity index (χ2n) is 3.77. The van der Waals surface area contributed by atoms with Crippen LogP contribution in [0.2, 0.25) is 0 Å². The number of Topliss-reactive ketones (excluding diaryl/α,β-unsaturated/α-hetero) is 1. The summed E-state index contributed by atoms with van der Waals surface area (Å²) in [6.45, 7) is 5.98. The number of hydrogen-bond donors (Lipinski definition) is 0. The zero-order valence-corrected chi connectivity index (χ0v) is 9.78. The van der Waals surface area contributed by atoms with Gasteiger partial charge in [-0.15, -0.1) is 0 Å². The van der Waals surface area contributed by atoms with Gasteiger partial charge in [0.05, 0.1) is 13.3 Å². The van der Waals surface area contributed by atoms with Crippen LogP contribution in [0.3, 0.4) is 0 Å². The van der Waals surface area contributed by atoms with Gasteiger partial charge in [-0.05, 0) is 20.3 Å². The summed E-state index contributed by atoms with van der Waals surface area (Å²) < 4.78 is 6.86. The van der Waals surface area contributed by atoms with Crippen molar-refractivity contribution in [2.75, 3.05) is 7.11 Å². The highest BCUT2D eigenvalue weighted by Gasteiger charge is 2.19. The van der Waals surface area contributed by atoms with Gasteiger partial charge in [0.2, 0.25) is 0 Å². The number of nitrogens with zero attached hydrogens (tertiary/aromatic N) is 2. The van der Waals surface area contributed by atoms with E-state index in [0.717, 1.165) is 6.42 Å². The Kier molecular flexibility index (Phi) is 3.88. The van der Waals surface area contributed by atoms with E-state index in [0.29, 0.717) is 17.9 Å². The van der Waals surface area contributed by atoms with Crippen LogP contribution in [0.15, 0.2) is 6.20 Å². The minimum atomic E-state index is 0.0977. The predicted molar refractivity (Wildman–Crippen MR) is 58.4 cm³/mol. The van der Waals surface area contributed by atoms with Gasteiger partial charge < -0.3 is 4.74 Å². The van der Waals surface area contributed by atoms with Gasteiger partial charge in [0.15, 0.2) is 11.5 Å². The molecule has 0 saturated heterocycles. The molecule has 0 radical (unpaired) electrons. The summed E-state index contributed by atoms with van der Waals surface area (Å²) in [6.07, 6.45) is 2.98. The van der Waals surface area contributed by atoms with Crippen molar-refractivity contribution in [2.24, 2.45) is 0 Å². The number of carbonyl (C=O) groups is 1. The van der Waals surface area contributed by atoms with Gasteiger partial charge >= 0.3 is 0 Å². The normalized spacial score (nSPS) is 10.7. The Morgan fingerprint density at radius 3 is 2.73 bits per heavy atom. The molecule has 0 bridgehead atoms. The first-order valence-electron chi connectivity index (χ1n) is 5.26. The molecule has 1 heterocycles. The van der Waals surface area contributed by atoms with Crippen molar-refractivity contribution in [1.29, 1.82) is 0 Å². The van der Waals surface area contributed by atoms with Gasteiger partial charge in [-0.2, -0.15) is 5.10 Å². The number of methoxy groups -OCH3 is 1. The molecule has 0 aliphatic carbocycles. The molecule has 84 valence electrons. The molecular formula is C11H18N2O2. The van der Waals surface area contributed by atoms with Crippen LogP contribution < -0.4 is 4.74 Å². The quantitative estimate of drug-likeness (QED) is 0.701. The van der Waals surface area contributed by atoms with Gasteiger partial charge in [-0.3, -0.25) is 9.48 Å².